The van der Waals surface area contributed by atoms with Gasteiger partial charge in [-0.2, -0.15) is 36.7 Å². The molecule has 1 aromatic heterocycles. The number of morpholine rings is 1. The molecule has 212 valence electrons. The van der Waals surface area contributed by atoms with E-state index in [0.717, 1.165) is 5.56 Å². The summed E-state index contributed by atoms with van der Waals surface area (Å²) in [6.45, 7) is 4.26. The lowest BCUT2D eigenvalue weighted by Crippen LogP contribution is -2.60. The Hall–Kier alpha value is -3.16. The minimum absolute atomic E-state index is 0.0972. The Labute approximate surface area is 221 Å². The van der Waals surface area contributed by atoms with Crippen molar-refractivity contribution in [1.29, 1.82) is 0 Å². The number of nitrogens with zero attached hydrogens (tertiary/aromatic N) is 4. The zero-order valence-corrected chi connectivity index (χ0v) is 21.8. The van der Waals surface area contributed by atoms with Gasteiger partial charge in [-0.3, -0.25) is 0 Å². The number of benzene rings is 2. The van der Waals surface area contributed by atoms with Crippen LogP contribution in [-0.4, -0.2) is 53.8 Å². The molecule has 1 aliphatic heterocycles. The number of hydrogen-bond acceptors (Lipinski definition) is 6. The van der Waals surface area contributed by atoms with Gasteiger partial charge in [0, 0.05) is 13.1 Å². The fourth-order valence-corrected chi connectivity index (χ4v) is 4.68. The topological polar surface area (TPSA) is 66.5 Å². The van der Waals surface area contributed by atoms with Crippen LogP contribution in [0.2, 0.25) is 0 Å². The summed E-state index contributed by atoms with van der Waals surface area (Å²) in [5.41, 5.74) is -2.75. The van der Waals surface area contributed by atoms with E-state index in [9.17, 15) is 26.3 Å². The van der Waals surface area contributed by atoms with E-state index in [-0.39, 0.29) is 18.2 Å². The molecule has 0 bridgehead atoms. The molecule has 3 atom stereocenters. The number of alkyl halides is 6. The molecule has 1 saturated heterocycles. The van der Waals surface area contributed by atoms with Gasteiger partial charge in [-0.1, -0.05) is 30.3 Å². The highest BCUT2D eigenvalue weighted by Gasteiger charge is 2.48. The van der Waals surface area contributed by atoms with E-state index >= 15 is 0 Å². The molecule has 0 spiro atoms. The summed E-state index contributed by atoms with van der Waals surface area (Å²) in [4.78, 5) is 3.86. The maximum atomic E-state index is 13.5. The van der Waals surface area contributed by atoms with Crippen LogP contribution in [0.4, 0.5) is 32.2 Å². The van der Waals surface area contributed by atoms with Crippen LogP contribution in [0.5, 0.6) is 0 Å². The molecule has 1 N–H and O–H groups in total. The molecule has 2 heterocycles. The van der Waals surface area contributed by atoms with Gasteiger partial charge in [0.25, 0.3) is 0 Å². The second kappa shape index (κ2) is 10.8. The van der Waals surface area contributed by atoms with Crippen LogP contribution >= 0.6 is 0 Å². The first-order valence-electron chi connectivity index (χ1n) is 12.1. The monoisotopic (exact) mass is 557 g/mol. The Morgan fingerprint density at radius 2 is 1.67 bits per heavy atom. The molecule has 39 heavy (non-hydrogen) atoms. The van der Waals surface area contributed by atoms with E-state index in [1.165, 1.54) is 6.92 Å². The minimum Gasteiger partial charge on any atom is -0.348 e. The lowest BCUT2D eigenvalue weighted by Gasteiger charge is -2.50. The molecular formula is C26H29F6N5O2. The normalized spacial score (nSPS) is 21.4. The van der Waals surface area contributed by atoms with E-state index < -0.39 is 41.4 Å². The third-order valence-electron chi connectivity index (χ3n) is 6.69. The minimum atomic E-state index is -4.97. The third kappa shape index (κ3) is 6.04. The number of aromatic amines is 1. The highest BCUT2D eigenvalue weighted by atomic mass is 19.4. The lowest BCUT2D eigenvalue weighted by atomic mass is 9.87. The number of H-pyrrole nitrogens is 1. The Morgan fingerprint density at radius 3 is 2.23 bits per heavy atom. The molecule has 7 nitrogen and oxygen atoms in total. The molecule has 2 aromatic carbocycles. The average molecular weight is 558 g/mol. The fraction of sp³-hybridized carbons (Fsp3) is 0.462. The van der Waals surface area contributed by atoms with Gasteiger partial charge in [0.1, 0.15) is 11.2 Å². The number of halogens is 6. The Kier molecular flexibility index (Phi) is 7.97. The van der Waals surface area contributed by atoms with Crippen molar-refractivity contribution in [3.05, 3.63) is 76.5 Å². The van der Waals surface area contributed by atoms with Crippen molar-refractivity contribution in [3.63, 3.8) is 0 Å². The van der Waals surface area contributed by atoms with Gasteiger partial charge in [0.05, 0.1) is 23.8 Å². The first-order chi connectivity index (χ1) is 18.2. The van der Waals surface area contributed by atoms with Crippen molar-refractivity contribution < 1.29 is 35.8 Å². The zero-order chi connectivity index (χ0) is 28.6. The summed E-state index contributed by atoms with van der Waals surface area (Å²) < 4.78 is 93.1. The van der Waals surface area contributed by atoms with Gasteiger partial charge < -0.3 is 19.3 Å². The van der Waals surface area contributed by atoms with E-state index in [1.54, 1.807) is 0 Å². The van der Waals surface area contributed by atoms with Crippen molar-refractivity contribution in [1.82, 2.24) is 20.3 Å². The Balaban J connectivity index is 1.75. The molecule has 0 saturated carbocycles. The van der Waals surface area contributed by atoms with Crippen molar-refractivity contribution in [3.8, 4) is 0 Å². The summed E-state index contributed by atoms with van der Waals surface area (Å²) in [5, 5.41) is 11.3. The molecule has 0 radical (unpaired) electrons. The number of hydrogen-bond donors (Lipinski definition) is 1. The molecule has 1 fully saturated rings. The maximum absolute atomic E-state index is 13.5. The van der Waals surface area contributed by atoms with E-state index in [4.69, 9.17) is 9.47 Å². The second-order valence-electron chi connectivity index (χ2n) is 9.82. The number of ether oxygens (including phenoxy) is 2. The quantitative estimate of drug-likeness (QED) is 0.373. The van der Waals surface area contributed by atoms with E-state index in [0.29, 0.717) is 36.7 Å². The summed E-state index contributed by atoms with van der Waals surface area (Å²) in [6, 6.07) is 10.6. The molecule has 3 aromatic rings. The van der Waals surface area contributed by atoms with Crippen LogP contribution in [0, 0.1) is 0 Å². The van der Waals surface area contributed by atoms with Crippen molar-refractivity contribution in [2.75, 3.05) is 32.1 Å². The Morgan fingerprint density at radius 1 is 1.05 bits per heavy atom. The van der Waals surface area contributed by atoms with Gasteiger partial charge in [-0.25, -0.2) is 0 Å². The Bertz CT molecular complexity index is 1230. The molecule has 4 rings (SSSR count). The molecule has 0 aliphatic carbocycles. The molecule has 1 aliphatic rings. The van der Waals surface area contributed by atoms with Crippen LogP contribution in [0.15, 0.2) is 48.5 Å². The van der Waals surface area contributed by atoms with Gasteiger partial charge in [-0.15, -0.1) is 5.10 Å². The first kappa shape index (κ1) is 28.8. The smallest absolute Gasteiger partial charge is 0.348 e. The summed E-state index contributed by atoms with van der Waals surface area (Å²) >= 11 is 0. The number of aromatic nitrogens is 3. The van der Waals surface area contributed by atoms with E-state index in [2.05, 4.69) is 15.4 Å². The van der Waals surface area contributed by atoms with Crippen molar-refractivity contribution >= 4 is 5.82 Å². The van der Waals surface area contributed by atoms with Crippen LogP contribution < -0.4 is 4.90 Å². The molecule has 0 amide bonds. The number of anilines is 1. The van der Waals surface area contributed by atoms with Crippen LogP contribution in [0.1, 0.15) is 47.9 Å². The highest BCUT2D eigenvalue weighted by Crippen LogP contribution is 2.43. The van der Waals surface area contributed by atoms with Crippen molar-refractivity contribution in [2.24, 2.45) is 0 Å². The second-order valence-corrected chi connectivity index (χ2v) is 9.82. The van der Waals surface area contributed by atoms with Gasteiger partial charge in [-0.05, 0) is 57.3 Å². The zero-order valence-electron chi connectivity index (χ0n) is 21.8. The van der Waals surface area contributed by atoms with Crippen LogP contribution in [-0.2, 0) is 33.9 Å². The number of nitrogens with one attached hydrogen (secondary N) is 1. The molecule has 1 unspecified atom stereocenters. The summed E-state index contributed by atoms with van der Waals surface area (Å²) in [6.07, 6.45) is -12.2. The predicted molar refractivity (Wildman–Crippen MR) is 131 cm³/mol. The molecule has 13 heteroatoms. The predicted octanol–water partition coefficient (Wildman–Crippen LogP) is 5.76. The van der Waals surface area contributed by atoms with Gasteiger partial charge >= 0.3 is 12.4 Å². The first-order valence-corrected chi connectivity index (χ1v) is 12.1. The van der Waals surface area contributed by atoms with Gasteiger partial charge in [0.2, 0.25) is 0 Å². The average Bonchev–Trinajstić information content (AvgIpc) is 3.31. The maximum Gasteiger partial charge on any atom is 0.416 e. The highest BCUT2D eigenvalue weighted by molar-refractivity contribution is 5.50. The SMILES string of the molecule is CC(O[C@H]1OCCN(c2n[nH]nc2CN(C)C)[C@@]1(C)c1ccccc1)c1cc(C(F)(F)F)cc(C(F)(F)F)c1. The standard InChI is InChI=1S/C26H29F6N5O2/c1-16(17-12-19(25(27,28)29)14-20(13-17)26(30,31)32)39-23-24(2,18-8-6-5-7-9-18)37(10-11-38-23)22-21(15-36(3)4)33-35-34-22/h5-9,12-14,16,23H,10-11,15H2,1-4H3,(H,33,34,35)/t16?,23-,24+/m1/s1. The third-order valence-corrected chi connectivity index (χ3v) is 6.69. The van der Waals surface area contributed by atoms with Crippen LogP contribution in [0.25, 0.3) is 0 Å². The largest absolute Gasteiger partial charge is 0.416 e. The van der Waals surface area contributed by atoms with Crippen LogP contribution in [0.3, 0.4) is 0 Å². The fourth-order valence-electron chi connectivity index (χ4n) is 4.68. The molecular weight excluding hydrogens is 528 g/mol. The number of rotatable bonds is 7. The van der Waals surface area contributed by atoms with Crippen molar-refractivity contribution in [2.45, 2.75) is 50.7 Å². The summed E-state index contributed by atoms with van der Waals surface area (Å²) in [7, 11) is 3.76. The van der Waals surface area contributed by atoms with E-state index in [1.807, 2.05) is 61.2 Å². The summed E-state index contributed by atoms with van der Waals surface area (Å²) in [5.74, 6) is 0.540. The lowest BCUT2D eigenvalue weighted by molar-refractivity contribution is -0.217. The van der Waals surface area contributed by atoms with Gasteiger partial charge in [0.15, 0.2) is 12.1 Å².